The Balaban J connectivity index is 2.42. The van der Waals surface area contributed by atoms with E-state index in [0.29, 0.717) is 12.8 Å². The average molecular weight is 236 g/mol. The van der Waals surface area contributed by atoms with Gasteiger partial charge in [-0.25, -0.2) is 0 Å². The van der Waals surface area contributed by atoms with Crippen LogP contribution in [0, 0.1) is 0 Å². The summed E-state index contributed by atoms with van der Waals surface area (Å²) >= 11 is 0. The number of rotatable bonds is 6. The first-order chi connectivity index (χ1) is 8.13. The summed E-state index contributed by atoms with van der Waals surface area (Å²) < 4.78 is 0. The summed E-state index contributed by atoms with van der Waals surface area (Å²) in [6, 6.07) is 9.09. The molecule has 0 radical (unpaired) electrons. The molecule has 0 aromatic heterocycles. The molecule has 4 N–H and O–H groups in total. The topological polar surface area (TPSA) is 75.3 Å². The molecule has 0 fully saturated rings. The zero-order chi connectivity index (χ0) is 12.7. The van der Waals surface area contributed by atoms with Crippen LogP contribution in [0.15, 0.2) is 30.3 Å². The van der Waals surface area contributed by atoms with Crippen molar-refractivity contribution in [3.63, 3.8) is 0 Å². The van der Waals surface area contributed by atoms with Crippen molar-refractivity contribution in [2.45, 2.75) is 31.8 Å². The van der Waals surface area contributed by atoms with E-state index in [1.807, 2.05) is 37.3 Å². The zero-order valence-corrected chi connectivity index (χ0v) is 10.1. The lowest BCUT2D eigenvalue weighted by Crippen LogP contribution is -2.45. The van der Waals surface area contributed by atoms with Crippen molar-refractivity contribution in [3.05, 3.63) is 35.9 Å². The van der Waals surface area contributed by atoms with Gasteiger partial charge in [0.15, 0.2) is 0 Å². The number of nitrogens with one attached hydrogen (secondary N) is 1. The van der Waals surface area contributed by atoms with E-state index in [2.05, 4.69) is 5.32 Å². The molecule has 0 aliphatic rings. The molecule has 2 atom stereocenters. The van der Waals surface area contributed by atoms with Crippen LogP contribution in [0.2, 0.25) is 0 Å². The lowest BCUT2D eigenvalue weighted by atomic mass is 10.1. The second-order valence-corrected chi connectivity index (χ2v) is 4.22. The third kappa shape index (κ3) is 4.97. The molecule has 0 spiro atoms. The van der Waals surface area contributed by atoms with Gasteiger partial charge in [0.2, 0.25) is 5.91 Å². The highest BCUT2D eigenvalue weighted by Gasteiger charge is 2.15. The Hall–Kier alpha value is -1.39. The van der Waals surface area contributed by atoms with Gasteiger partial charge in [-0.15, -0.1) is 0 Å². The van der Waals surface area contributed by atoms with Crippen molar-refractivity contribution in [3.8, 4) is 0 Å². The zero-order valence-electron chi connectivity index (χ0n) is 10.1. The van der Waals surface area contributed by atoms with Crippen LogP contribution >= 0.6 is 0 Å². The molecule has 17 heavy (non-hydrogen) atoms. The molecule has 94 valence electrons. The normalized spacial score (nSPS) is 14.1. The first kappa shape index (κ1) is 13.7. The number of aliphatic hydroxyl groups excluding tert-OH is 1. The molecular formula is C13H20N2O2. The molecule has 1 aromatic rings. The van der Waals surface area contributed by atoms with Crippen molar-refractivity contribution >= 4 is 5.91 Å². The number of carbonyl (C=O) groups is 1. The quantitative estimate of drug-likeness (QED) is 0.671. The van der Waals surface area contributed by atoms with Gasteiger partial charge in [-0.05, 0) is 25.3 Å². The van der Waals surface area contributed by atoms with Crippen LogP contribution in [0.5, 0.6) is 0 Å². The molecule has 0 bridgehead atoms. The first-order valence-corrected chi connectivity index (χ1v) is 5.84. The van der Waals surface area contributed by atoms with E-state index in [4.69, 9.17) is 10.8 Å². The van der Waals surface area contributed by atoms with Crippen molar-refractivity contribution in [2.75, 3.05) is 6.61 Å². The summed E-state index contributed by atoms with van der Waals surface area (Å²) in [7, 11) is 0. The third-order valence-corrected chi connectivity index (χ3v) is 2.59. The van der Waals surface area contributed by atoms with Gasteiger partial charge in [-0.2, -0.15) is 0 Å². The highest BCUT2D eigenvalue weighted by Crippen LogP contribution is 2.02. The lowest BCUT2D eigenvalue weighted by Gasteiger charge is -2.16. The number of benzene rings is 1. The number of aliphatic hydroxyl groups is 1. The third-order valence-electron chi connectivity index (χ3n) is 2.59. The Morgan fingerprint density at radius 3 is 2.65 bits per heavy atom. The standard InChI is InChI=1S/C13H20N2O2/c1-10(7-8-16)15-13(17)12(14)9-11-5-3-2-4-6-11/h2-6,10,12,16H,7-9,14H2,1H3,(H,15,17)/t10?,12-/m0/s1. The minimum Gasteiger partial charge on any atom is -0.396 e. The van der Waals surface area contributed by atoms with Gasteiger partial charge in [0.05, 0.1) is 6.04 Å². The summed E-state index contributed by atoms with van der Waals surface area (Å²) in [4.78, 5) is 11.7. The summed E-state index contributed by atoms with van der Waals surface area (Å²) in [6.45, 7) is 1.92. The Kier molecular flexibility index (Phi) is 5.66. The van der Waals surface area contributed by atoms with Gasteiger partial charge in [-0.1, -0.05) is 30.3 Å². The van der Waals surface area contributed by atoms with Gasteiger partial charge in [0.1, 0.15) is 0 Å². The van der Waals surface area contributed by atoms with E-state index in [-0.39, 0.29) is 18.6 Å². The second-order valence-electron chi connectivity index (χ2n) is 4.22. The van der Waals surface area contributed by atoms with Crippen LogP contribution in [0.25, 0.3) is 0 Å². The number of hydrogen-bond donors (Lipinski definition) is 3. The molecule has 1 unspecified atom stereocenters. The van der Waals surface area contributed by atoms with E-state index >= 15 is 0 Å². The van der Waals surface area contributed by atoms with Crippen LogP contribution in [0.4, 0.5) is 0 Å². The molecule has 0 aliphatic heterocycles. The van der Waals surface area contributed by atoms with Crippen LogP contribution in [0.3, 0.4) is 0 Å². The number of amides is 1. The van der Waals surface area contributed by atoms with Crippen LogP contribution < -0.4 is 11.1 Å². The number of hydrogen-bond acceptors (Lipinski definition) is 3. The maximum atomic E-state index is 11.7. The first-order valence-electron chi connectivity index (χ1n) is 5.84. The Morgan fingerprint density at radius 1 is 1.41 bits per heavy atom. The highest BCUT2D eigenvalue weighted by molar-refractivity contribution is 5.82. The van der Waals surface area contributed by atoms with Crippen LogP contribution in [0.1, 0.15) is 18.9 Å². The molecular weight excluding hydrogens is 216 g/mol. The largest absolute Gasteiger partial charge is 0.396 e. The van der Waals surface area contributed by atoms with Gasteiger partial charge in [0.25, 0.3) is 0 Å². The fourth-order valence-electron chi connectivity index (χ4n) is 1.58. The molecule has 1 amide bonds. The minimum atomic E-state index is -0.543. The highest BCUT2D eigenvalue weighted by atomic mass is 16.3. The maximum Gasteiger partial charge on any atom is 0.237 e. The van der Waals surface area contributed by atoms with E-state index in [0.717, 1.165) is 5.56 Å². The fraction of sp³-hybridized carbons (Fsp3) is 0.462. The Bertz CT molecular complexity index is 341. The Labute approximate surface area is 102 Å². The van der Waals surface area contributed by atoms with Gasteiger partial charge >= 0.3 is 0 Å². The molecule has 0 saturated carbocycles. The molecule has 1 aromatic carbocycles. The van der Waals surface area contributed by atoms with Crippen molar-refractivity contribution in [1.29, 1.82) is 0 Å². The lowest BCUT2D eigenvalue weighted by molar-refractivity contribution is -0.123. The summed E-state index contributed by atoms with van der Waals surface area (Å²) in [5, 5.41) is 11.5. The minimum absolute atomic E-state index is 0.0469. The SMILES string of the molecule is CC(CCO)NC(=O)[C@@H](N)Cc1ccccc1. The van der Waals surface area contributed by atoms with Gasteiger partial charge in [0, 0.05) is 12.6 Å². The predicted molar refractivity (Wildman–Crippen MR) is 67.4 cm³/mol. The van der Waals surface area contributed by atoms with Gasteiger partial charge < -0.3 is 16.2 Å². The second kappa shape index (κ2) is 7.04. The maximum absolute atomic E-state index is 11.7. The summed E-state index contributed by atoms with van der Waals surface area (Å²) in [5.41, 5.74) is 6.87. The van der Waals surface area contributed by atoms with E-state index in [1.165, 1.54) is 0 Å². The average Bonchev–Trinajstić information content (AvgIpc) is 2.30. The Morgan fingerprint density at radius 2 is 2.06 bits per heavy atom. The fourth-order valence-corrected chi connectivity index (χ4v) is 1.58. The monoisotopic (exact) mass is 236 g/mol. The molecule has 0 saturated heterocycles. The van der Waals surface area contributed by atoms with Crippen molar-refractivity contribution in [2.24, 2.45) is 5.73 Å². The summed E-state index contributed by atoms with van der Waals surface area (Å²) in [6.07, 6.45) is 1.07. The number of carbonyl (C=O) groups excluding carboxylic acids is 1. The van der Waals surface area contributed by atoms with Crippen LogP contribution in [-0.2, 0) is 11.2 Å². The predicted octanol–water partition coefficient (Wildman–Crippen LogP) is 0.444. The van der Waals surface area contributed by atoms with Crippen LogP contribution in [-0.4, -0.2) is 29.7 Å². The number of nitrogens with two attached hydrogens (primary N) is 1. The van der Waals surface area contributed by atoms with E-state index in [9.17, 15) is 4.79 Å². The van der Waals surface area contributed by atoms with E-state index < -0.39 is 6.04 Å². The summed E-state index contributed by atoms with van der Waals surface area (Å²) in [5.74, 6) is -0.171. The smallest absolute Gasteiger partial charge is 0.237 e. The van der Waals surface area contributed by atoms with Crippen molar-refractivity contribution in [1.82, 2.24) is 5.32 Å². The van der Waals surface area contributed by atoms with Crippen molar-refractivity contribution < 1.29 is 9.90 Å². The van der Waals surface area contributed by atoms with E-state index in [1.54, 1.807) is 0 Å². The van der Waals surface area contributed by atoms with Gasteiger partial charge in [-0.3, -0.25) is 4.79 Å². The molecule has 4 heteroatoms. The molecule has 4 nitrogen and oxygen atoms in total. The molecule has 1 rings (SSSR count). The molecule has 0 aliphatic carbocycles. The molecule has 0 heterocycles.